The first-order valence-corrected chi connectivity index (χ1v) is 9.44. The van der Waals surface area contributed by atoms with Gasteiger partial charge < -0.3 is 9.47 Å². The Bertz CT molecular complexity index is 718. The van der Waals surface area contributed by atoms with Crippen molar-refractivity contribution in [3.63, 3.8) is 0 Å². The van der Waals surface area contributed by atoms with E-state index in [0.717, 1.165) is 19.3 Å². The van der Waals surface area contributed by atoms with E-state index >= 15 is 0 Å². The Balaban J connectivity index is 1.91. The summed E-state index contributed by atoms with van der Waals surface area (Å²) in [5, 5.41) is 9.17. The van der Waals surface area contributed by atoms with E-state index in [1.165, 1.54) is 6.08 Å². The molecule has 0 heterocycles. The Labute approximate surface area is 161 Å². The topological polar surface area (TPSA) is 76.4 Å². The molecule has 0 N–H and O–H groups in total. The zero-order valence-corrected chi connectivity index (χ0v) is 16.2. The number of nitrogens with zero attached hydrogens (tertiary/aromatic N) is 1. The molecule has 0 unspecified atom stereocenters. The van der Waals surface area contributed by atoms with Crippen LogP contribution < -0.4 is 0 Å². The molecule has 0 amide bonds. The second-order valence-corrected chi connectivity index (χ2v) is 7.51. The van der Waals surface area contributed by atoms with Gasteiger partial charge in [-0.15, -0.1) is 0 Å². The predicted molar refractivity (Wildman–Crippen MR) is 102 cm³/mol. The van der Waals surface area contributed by atoms with Crippen LogP contribution in [0, 0.1) is 29.1 Å². The first kappa shape index (κ1) is 20.7. The van der Waals surface area contributed by atoms with Crippen molar-refractivity contribution in [2.45, 2.75) is 46.1 Å². The van der Waals surface area contributed by atoms with Crippen LogP contribution >= 0.6 is 0 Å². The molecule has 0 aliphatic heterocycles. The lowest BCUT2D eigenvalue weighted by Gasteiger charge is -2.36. The monoisotopic (exact) mass is 369 g/mol. The highest BCUT2D eigenvalue weighted by Crippen LogP contribution is 2.35. The van der Waals surface area contributed by atoms with E-state index in [9.17, 15) is 14.9 Å². The fourth-order valence-electron chi connectivity index (χ4n) is 3.51. The highest BCUT2D eigenvalue weighted by atomic mass is 16.6. The summed E-state index contributed by atoms with van der Waals surface area (Å²) in [4.78, 5) is 24.2. The molecule has 0 aromatic heterocycles. The van der Waals surface area contributed by atoms with Crippen LogP contribution in [0.3, 0.4) is 0 Å². The van der Waals surface area contributed by atoms with Gasteiger partial charge in [0.1, 0.15) is 17.7 Å². The molecule has 3 atom stereocenters. The van der Waals surface area contributed by atoms with E-state index in [-0.39, 0.29) is 11.7 Å². The number of carbonyl (C=O) groups is 2. The number of esters is 2. The first-order chi connectivity index (χ1) is 12.9. The molecular formula is C22H27NO4. The smallest absolute Gasteiger partial charge is 0.349 e. The van der Waals surface area contributed by atoms with Gasteiger partial charge in [0, 0.05) is 0 Å². The van der Waals surface area contributed by atoms with E-state index in [2.05, 4.69) is 20.8 Å². The summed E-state index contributed by atoms with van der Waals surface area (Å²) in [7, 11) is 0. The number of rotatable bonds is 6. The zero-order chi connectivity index (χ0) is 19.8. The van der Waals surface area contributed by atoms with Gasteiger partial charge in [-0.05, 0) is 42.2 Å². The molecule has 1 aromatic carbocycles. The van der Waals surface area contributed by atoms with Gasteiger partial charge in [0.25, 0.3) is 0 Å². The SMILES string of the molecule is CC(C)[C@H]1CC[C@@H](C)C[C@H]1OC(=O)COC(=O)/C(C#N)=C/c1ccccc1. The van der Waals surface area contributed by atoms with Crippen molar-refractivity contribution >= 4 is 18.0 Å². The molecule has 5 nitrogen and oxygen atoms in total. The van der Waals surface area contributed by atoms with Crippen LogP contribution in [-0.4, -0.2) is 24.6 Å². The van der Waals surface area contributed by atoms with Crippen LogP contribution in [0.2, 0.25) is 0 Å². The average Bonchev–Trinajstić information content (AvgIpc) is 2.64. The van der Waals surface area contributed by atoms with Crippen molar-refractivity contribution < 1.29 is 19.1 Å². The van der Waals surface area contributed by atoms with Crippen molar-refractivity contribution in [3.8, 4) is 6.07 Å². The third kappa shape index (κ3) is 6.25. The van der Waals surface area contributed by atoms with Crippen LogP contribution in [0.15, 0.2) is 35.9 Å². The summed E-state index contributed by atoms with van der Waals surface area (Å²) in [6, 6.07) is 10.8. The summed E-state index contributed by atoms with van der Waals surface area (Å²) < 4.78 is 10.6. The minimum Gasteiger partial charge on any atom is -0.460 e. The maximum Gasteiger partial charge on any atom is 0.349 e. The van der Waals surface area contributed by atoms with Gasteiger partial charge in [0.05, 0.1) is 0 Å². The van der Waals surface area contributed by atoms with Gasteiger partial charge in [0.2, 0.25) is 0 Å². The van der Waals surface area contributed by atoms with E-state index in [1.54, 1.807) is 24.3 Å². The second kappa shape index (κ2) is 9.91. The van der Waals surface area contributed by atoms with Crippen LogP contribution in [0.5, 0.6) is 0 Å². The number of ether oxygens (including phenoxy) is 2. The summed E-state index contributed by atoms with van der Waals surface area (Å²) in [5.74, 6) is -0.120. The molecule has 1 saturated carbocycles. The van der Waals surface area contributed by atoms with Crippen molar-refractivity contribution in [2.24, 2.45) is 17.8 Å². The van der Waals surface area contributed by atoms with Gasteiger partial charge >= 0.3 is 11.9 Å². The molecule has 1 aliphatic rings. The van der Waals surface area contributed by atoms with Gasteiger partial charge in [-0.3, -0.25) is 0 Å². The number of nitriles is 1. The Kier molecular flexibility index (Phi) is 7.60. The minimum absolute atomic E-state index is 0.143. The molecule has 1 aromatic rings. The number of carbonyl (C=O) groups excluding carboxylic acids is 2. The lowest BCUT2D eigenvalue weighted by molar-refractivity contribution is -0.165. The first-order valence-electron chi connectivity index (χ1n) is 9.44. The largest absolute Gasteiger partial charge is 0.460 e. The van der Waals surface area contributed by atoms with Gasteiger partial charge in [0.15, 0.2) is 6.61 Å². The minimum atomic E-state index is -0.823. The maximum atomic E-state index is 12.2. The molecule has 0 saturated heterocycles. The highest BCUT2D eigenvalue weighted by molar-refractivity contribution is 5.98. The molecule has 1 fully saturated rings. The number of hydrogen-bond acceptors (Lipinski definition) is 5. The van der Waals surface area contributed by atoms with Crippen molar-refractivity contribution in [1.29, 1.82) is 5.26 Å². The molecule has 0 spiro atoms. The normalized spacial score (nSPS) is 22.8. The van der Waals surface area contributed by atoms with E-state index in [1.807, 2.05) is 12.1 Å². The van der Waals surface area contributed by atoms with Gasteiger partial charge in [-0.2, -0.15) is 5.26 Å². The van der Waals surface area contributed by atoms with Crippen LogP contribution in [-0.2, 0) is 19.1 Å². The summed E-state index contributed by atoms with van der Waals surface area (Å²) in [6.07, 6.45) is 4.30. The van der Waals surface area contributed by atoms with Gasteiger partial charge in [-0.25, -0.2) is 9.59 Å². The number of hydrogen-bond donors (Lipinski definition) is 0. The second-order valence-electron chi connectivity index (χ2n) is 7.51. The Morgan fingerprint density at radius 1 is 1.26 bits per heavy atom. The molecule has 0 radical (unpaired) electrons. The third-order valence-electron chi connectivity index (χ3n) is 5.02. The van der Waals surface area contributed by atoms with Crippen LogP contribution in [0.4, 0.5) is 0 Å². The fourth-order valence-corrected chi connectivity index (χ4v) is 3.51. The lowest BCUT2D eigenvalue weighted by Crippen LogP contribution is -2.36. The van der Waals surface area contributed by atoms with E-state index in [4.69, 9.17) is 9.47 Å². The molecule has 27 heavy (non-hydrogen) atoms. The Morgan fingerprint density at radius 2 is 1.96 bits per heavy atom. The van der Waals surface area contributed by atoms with Gasteiger partial charge in [-0.1, -0.05) is 57.5 Å². The standard InChI is InChI=1S/C22H27NO4/c1-15(2)19-10-9-16(3)11-20(19)27-21(24)14-26-22(25)18(13-23)12-17-7-5-4-6-8-17/h4-8,12,15-16,19-20H,9-11,14H2,1-3H3/b18-12+/t16-,19-,20-/m1/s1. The third-order valence-corrected chi connectivity index (χ3v) is 5.02. The van der Waals surface area contributed by atoms with Crippen molar-refractivity contribution in [3.05, 3.63) is 41.5 Å². The Hall–Kier alpha value is -2.61. The van der Waals surface area contributed by atoms with E-state index in [0.29, 0.717) is 23.3 Å². The summed E-state index contributed by atoms with van der Waals surface area (Å²) in [5.41, 5.74) is 0.560. The molecular weight excluding hydrogens is 342 g/mol. The van der Waals surface area contributed by atoms with Crippen LogP contribution in [0.1, 0.15) is 45.6 Å². The Morgan fingerprint density at radius 3 is 2.59 bits per heavy atom. The molecule has 1 aliphatic carbocycles. The molecule has 0 bridgehead atoms. The van der Waals surface area contributed by atoms with Crippen LogP contribution in [0.25, 0.3) is 6.08 Å². The van der Waals surface area contributed by atoms with Crippen molar-refractivity contribution in [1.82, 2.24) is 0 Å². The van der Waals surface area contributed by atoms with E-state index < -0.39 is 18.5 Å². The highest BCUT2D eigenvalue weighted by Gasteiger charge is 2.33. The number of benzene rings is 1. The quantitative estimate of drug-likeness (QED) is 0.428. The average molecular weight is 369 g/mol. The fraction of sp³-hybridized carbons (Fsp3) is 0.500. The molecule has 5 heteroatoms. The summed E-state index contributed by atoms with van der Waals surface area (Å²) >= 11 is 0. The maximum absolute atomic E-state index is 12.2. The lowest BCUT2D eigenvalue weighted by atomic mass is 9.75. The summed E-state index contributed by atoms with van der Waals surface area (Å²) in [6.45, 7) is 5.94. The van der Waals surface area contributed by atoms with Crippen molar-refractivity contribution in [2.75, 3.05) is 6.61 Å². The molecule has 2 rings (SSSR count). The zero-order valence-electron chi connectivity index (χ0n) is 16.2. The predicted octanol–water partition coefficient (Wildman–Crippen LogP) is 4.14. The molecule has 144 valence electrons.